The number of benzene rings is 1. The Labute approximate surface area is 184 Å². The van der Waals surface area contributed by atoms with E-state index in [1.165, 1.54) is 11.9 Å². The average Bonchev–Trinajstić information content (AvgIpc) is 2.71. The molecule has 1 amide bonds. The lowest BCUT2D eigenvalue weighted by Crippen LogP contribution is -2.54. The molecule has 12 heteroatoms. The molecule has 0 unspecified atom stereocenters. The summed E-state index contributed by atoms with van der Waals surface area (Å²) in [5.41, 5.74) is 0. The molecule has 3 rings (SSSR count). The van der Waals surface area contributed by atoms with E-state index in [1.54, 1.807) is 11.9 Å². The summed E-state index contributed by atoms with van der Waals surface area (Å²) in [7, 11) is -2.17. The maximum atomic E-state index is 14.4. The van der Waals surface area contributed by atoms with Crippen LogP contribution in [-0.2, 0) is 14.6 Å². The zero-order chi connectivity index (χ0) is 22.8. The molecule has 2 fully saturated rings. The van der Waals surface area contributed by atoms with E-state index in [1.807, 2.05) is 4.90 Å². The maximum absolute atomic E-state index is 14.4. The van der Waals surface area contributed by atoms with Gasteiger partial charge in [-0.3, -0.25) is 14.9 Å². The van der Waals surface area contributed by atoms with E-state index in [0.29, 0.717) is 62.6 Å². The molecule has 2 saturated heterocycles. The smallest absolute Gasteiger partial charge is 0.263 e. The molecule has 1 aromatic carbocycles. The molecular formula is C19H26F2N4O4S2. The lowest BCUT2D eigenvalue weighted by molar-refractivity contribution is -0.145. The number of carbonyl (C=O) groups excluding carboxylic acids is 1. The van der Waals surface area contributed by atoms with Crippen molar-refractivity contribution in [1.29, 1.82) is 5.41 Å². The van der Waals surface area contributed by atoms with E-state index in [0.717, 1.165) is 6.26 Å². The summed E-state index contributed by atoms with van der Waals surface area (Å²) in [4.78, 5) is 15.9. The normalized spacial score (nSPS) is 20.8. The van der Waals surface area contributed by atoms with Gasteiger partial charge in [-0.2, -0.15) is 0 Å². The molecule has 2 aliphatic rings. The first kappa shape index (κ1) is 23.7. The molecule has 31 heavy (non-hydrogen) atoms. The summed E-state index contributed by atoms with van der Waals surface area (Å²) >= 11 is 1.24. The van der Waals surface area contributed by atoms with E-state index in [4.69, 9.17) is 10.1 Å². The molecule has 2 aliphatic heterocycles. The number of hydrogen-bond donors (Lipinski definition) is 2. The third-order valence-corrected chi connectivity index (χ3v) is 7.24. The first-order valence-corrected chi connectivity index (χ1v) is 12.7. The SMILES string of the molecule is CNSC(=N)N1CCC(N2CCC[C@H](Oc3cc(F)c(S(C)(=O)=O)cc3F)C2=O)CC1. The van der Waals surface area contributed by atoms with Gasteiger partial charge in [0.2, 0.25) is 0 Å². The van der Waals surface area contributed by atoms with Gasteiger partial charge in [-0.1, -0.05) is 0 Å². The van der Waals surface area contributed by atoms with Crippen molar-refractivity contribution in [2.24, 2.45) is 0 Å². The monoisotopic (exact) mass is 476 g/mol. The number of carbonyl (C=O) groups is 1. The minimum atomic E-state index is -3.92. The molecule has 2 N–H and O–H groups in total. The van der Waals surface area contributed by atoms with E-state index in [9.17, 15) is 22.0 Å². The number of nitrogens with one attached hydrogen (secondary N) is 2. The predicted octanol–water partition coefficient (Wildman–Crippen LogP) is 2.00. The summed E-state index contributed by atoms with van der Waals surface area (Å²) in [6.45, 7) is 1.87. The van der Waals surface area contributed by atoms with Crippen LogP contribution in [0.1, 0.15) is 25.7 Å². The number of amidine groups is 1. The second-order valence-corrected chi connectivity index (χ2v) is 10.6. The van der Waals surface area contributed by atoms with Gasteiger partial charge in [0.25, 0.3) is 5.91 Å². The van der Waals surface area contributed by atoms with Crippen LogP contribution in [0.2, 0.25) is 0 Å². The first-order valence-electron chi connectivity index (χ1n) is 9.95. The molecule has 1 atom stereocenters. The van der Waals surface area contributed by atoms with Gasteiger partial charge in [0.05, 0.1) is 0 Å². The Morgan fingerprint density at radius 3 is 2.48 bits per heavy atom. The molecule has 0 aromatic heterocycles. The molecule has 0 bridgehead atoms. The summed E-state index contributed by atoms with van der Waals surface area (Å²) in [6, 6.07) is 1.26. The number of piperidine rings is 2. The molecular weight excluding hydrogens is 450 g/mol. The third-order valence-electron chi connectivity index (χ3n) is 5.47. The van der Waals surface area contributed by atoms with Crippen molar-refractivity contribution in [3.63, 3.8) is 0 Å². The fourth-order valence-electron chi connectivity index (χ4n) is 3.92. The van der Waals surface area contributed by atoms with Crippen LogP contribution in [0.4, 0.5) is 8.78 Å². The highest BCUT2D eigenvalue weighted by molar-refractivity contribution is 8.12. The fraction of sp³-hybridized carbons (Fsp3) is 0.579. The Bertz CT molecular complexity index is 952. The number of rotatable bonds is 5. The molecule has 0 spiro atoms. The highest BCUT2D eigenvalue weighted by atomic mass is 32.2. The van der Waals surface area contributed by atoms with Crippen molar-refractivity contribution in [2.75, 3.05) is 32.9 Å². The second kappa shape index (κ2) is 9.70. The summed E-state index contributed by atoms with van der Waals surface area (Å²) in [6.07, 6.45) is 2.27. The largest absolute Gasteiger partial charge is 0.477 e. The number of likely N-dealkylation sites (tertiary alicyclic amines) is 2. The molecule has 8 nitrogen and oxygen atoms in total. The van der Waals surface area contributed by atoms with Gasteiger partial charge < -0.3 is 14.5 Å². The van der Waals surface area contributed by atoms with Crippen molar-refractivity contribution in [3.8, 4) is 5.75 Å². The van der Waals surface area contributed by atoms with Crippen molar-refractivity contribution in [2.45, 2.75) is 42.7 Å². The van der Waals surface area contributed by atoms with Gasteiger partial charge in [0.15, 0.2) is 32.7 Å². The maximum Gasteiger partial charge on any atom is 0.263 e. The predicted molar refractivity (Wildman–Crippen MR) is 114 cm³/mol. The minimum absolute atomic E-state index is 0.00303. The summed E-state index contributed by atoms with van der Waals surface area (Å²) < 4.78 is 60.0. The van der Waals surface area contributed by atoms with Crippen molar-refractivity contribution in [1.82, 2.24) is 14.5 Å². The van der Waals surface area contributed by atoms with Crippen LogP contribution >= 0.6 is 11.9 Å². The Balaban J connectivity index is 1.67. The van der Waals surface area contributed by atoms with E-state index >= 15 is 0 Å². The zero-order valence-electron chi connectivity index (χ0n) is 17.4. The molecule has 0 aliphatic carbocycles. The number of amides is 1. The van der Waals surface area contributed by atoms with Crippen LogP contribution in [0.25, 0.3) is 0 Å². The molecule has 2 heterocycles. The number of sulfone groups is 1. The van der Waals surface area contributed by atoms with Gasteiger partial charge in [0.1, 0.15) is 10.7 Å². The van der Waals surface area contributed by atoms with Crippen LogP contribution < -0.4 is 9.46 Å². The van der Waals surface area contributed by atoms with Crippen molar-refractivity contribution >= 4 is 32.9 Å². The van der Waals surface area contributed by atoms with E-state index < -0.39 is 38.2 Å². The summed E-state index contributed by atoms with van der Waals surface area (Å²) in [5, 5.41) is 8.44. The quantitative estimate of drug-likeness (QED) is 0.381. The number of halogens is 2. The number of ether oxygens (including phenoxy) is 1. The second-order valence-electron chi connectivity index (χ2n) is 7.60. The van der Waals surface area contributed by atoms with Crippen molar-refractivity contribution < 1.29 is 26.7 Å². The van der Waals surface area contributed by atoms with E-state index in [2.05, 4.69) is 4.72 Å². The molecule has 1 aromatic rings. The average molecular weight is 477 g/mol. The Morgan fingerprint density at radius 1 is 1.19 bits per heavy atom. The topological polar surface area (TPSA) is 103 Å². The zero-order valence-corrected chi connectivity index (χ0v) is 19.0. The van der Waals surface area contributed by atoms with Crippen LogP contribution in [0.5, 0.6) is 5.75 Å². The van der Waals surface area contributed by atoms with Gasteiger partial charge in [-0.05, 0) is 50.7 Å². The molecule has 0 saturated carbocycles. The highest BCUT2D eigenvalue weighted by Crippen LogP contribution is 2.29. The fourth-order valence-corrected chi connectivity index (χ4v) is 5.15. The Kier molecular flexibility index (Phi) is 7.43. The first-order chi connectivity index (χ1) is 14.6. The standard InChI is InChI=1S/C19H26F2N4O4S2/c1-23-30-19(22)24-8-5-12(6-9-24)25-7-3-4-15(18(25)26)29-16-10-14(21)17(11-13(16)20)31(2,27)28/h10-12,15,22-23H,3-9H2,1-2H3/t15-/m0/s1. The number of hydrogen-bond acceptors (Lipinski definition) is 7. The van der Waals surface area contributed by atoms with Gasteiger partial charge >= 0.3 is 0 Å². The van der Waals surface area contributed by atoms with Crippen LogP contribution in [0.3, 0.4) is 0 Å². The lowest BCUT2D eigenvalue weighted by atomic mass is 9.98. The van der Waals surface area contributed by atoms with Gasteiger partial charge in [-0.15, -0.1) is 0 Å². The van der Waals surface area contributed by atoms with Crippen LogP contribution in [0.15, 0.2) is 17.0 Å². The molecule has 172 valence electrons. The Hall–Kier alpha value is -1.92. The van der Waals surface area contributed by atoms with Gasteiger partial charge in [0, 0.05) is 38.0 Å². The molecule has 0 radical (unpaired) electrons. The lowest BCUT2D eigenvalue weighted by Gasteiger charge is -2.42. The van der Waals surface area contributed by atoms with E-state index in [-0.39, 0.29) is 11.9 Å². The van der Waals surface area contributed by atoms with Crippen molar-refractivity contribution in [3.05, 3.63) is 23.8 Å². The Morgan fingerprint density at radius 2 is 1.87 bits per heavy atom. The number of nitrogens with zero attached hydrogens (tertiary/aromatic N) is 2. The third kappa shape index (κ3) is 5.47. The van der Waals surface area contributed by atoms with Crippen LogP contribution in [0, 0.1) is 17.0 Å². The van der Waals surface area contributed by atoms with Gasteiger partial charge in [-0.25, -0.2) is 17.2 Å². The highest BCUT2D eigenvalue weighted by Gasteiger charge is 2.37. The summed E-state index contributed by atoms with van der Waals surface area (Å²) in [5.74, 6) is -2.90. The minimum Gasteiger partial charge on any atom is -0.477 e. The van der Waals surface area contributed by atoms with Crippen LogP contribution in [-0.4, -0.2) is 74.4 Å².